The Morgan fingerprint density at radius 3 is 2.46 bits per heavy atom. The van der Waals surface area contributed by atoms with Gasteiger partial charge in [-0.05, 0) is 30.7 Å². The second-order valence-corrected chi connectivity index (χ2v) is 3.14. The number of aromatic hydroxyl groups is 1. The zero-order valence-corrected chi connectivity index (χ0v) is 7.92. The van der Waals surface area contributed by atoms with Crippen molar-refractivity contribution in [2.45, 2.75) is 12.8 Å². The summed E-state index contributed by atoms with van der Waals surface area (Å²) in [5, 5.41) is 8.98. The summed E-state index contributed by atoms with van der Waals surface area (Å²) in [5.74, 6) is 0.749. The second-order valence-electron chi connectivity index (χ2n) is 2.76. The van der Waals surface area contributed by atoms with Crippen LogP contribution in [0.25, 0.3) is 0 Å². The average molecular weight is 199 g/mol. The van der Waals surface area contributed by atoms with Crippen LogP contribution in [-0.4, -0.2) is 16.8 Å². The fourth-order valence-electron chi connectivity index (χ4n) is 1.02. The molecule has 0 unspecified atom stereocenters. The molecule has 1 aromatic carbocycles. The lowest BCUT2D eigenvalue weighted by Gasteiger charge is -1.98. The largest absolute Gasteiger partial charge is 0.508 e. The van der Waals surface area contributed by atoms with Gasteiger partial charge < -0.3 is 5.11 Å². The van der Waals surface area contributed by atoms with Crippen molar-refractivity contribution >= 4 is 17.4 Å². The van der Waals surface area contributed by atoms with Gasteiger partial charge in [0.2, 0.25) is 0 Å². The van der Waals surface area contributed by atoms with Crippen LogP contribution in [0.1, 0.15) is 23.2 Å². The highest BCUT2D eigenvalue weighted by Gasteiger charge is 2.04. The number of carbonyl (C=O) groups is 1. The predicted molar refractivity (Wildman–Crippen MR) is 52.4 cm³/mol. The van der Waals surface area contributed by atoms with E-state index in [4.69, 9.17) is 16.7 Å². The maximum Gasteiger partial charge on any atom is 0.162 e. The monoisotopic (exact) mass is 198 g/mol. The fraction of sp³-hybridized carbons (Fsp3) is 0.300. The van der Waals surface area contributed by atoms with E-state index in [9.17, 15) is 4.79 Å². The van der Waals surface area contributed by atoms with Gasteiger partial charge in [0, 0.05) is 17.9 Å². The number of halogens is 1. The van der Waals surface area contributed by atoms with E-state index in [1.165, 1.54) is 12.1 Å². The van der Waals surface area contributed by atoms with E-state index < -0.39 is 0 Å². The van der Waals surface area contributed by atoms with E-state index in [0.29, 0.717) is 24.3 Å². The van der Waals surface area contributed by atoms with Crippen molar-refractivity contribution in [3.8, 4) is 5.75 Å². The van der Waals surface area contributed by atoms with E-state index >= 15 is 0 Å². The Morgan fingerprint density at radius 2 is 1.92 bits per heavy atom. The first-order valence-electron chi connectivity index (χ1n) is 4.12. The molecule has 0 heterocycles. The highest BCUT2D eigenvalue weighted by Crippen LogP contribution is 2.12. The smallest absolute Gasteiger partial charge is 0.162 e. The number of phenols is 1. The van der Waals surface area contributed by atoms with E-state index in [1.54, 1.807) is 12.1 Å². The Labute approximate surface area is 82.2 Å². The molecule has 1 aromatic rings. The lowest BCUT2D eigenvalue weighted by molar-refractivity contribution is 0.0982. The second kappa shape index (κ2) is 4.87. The SMILES string of the molecule is O=C(CCCCl)c1ccc(O)cc1. The molecule has 0 radical (unpaired) electrons. The summed E-state index contributed by atoms with van der Waals surface area (Å²) in [6.45, 7) is 0. The van der Waals surface area contributed by atoms with Gasteiger partial charge in [0.05, 0.1) is 0 Å². The van der Waals surface area contributed by atoms with Crippen LogP contribution in [0, 0.1) is 0 Å². The lowest BCUT2D eigenvalue weighted by atomic mass is 10.1. The molecule has 0 amide bonds. The van der Waals surface area contributed by atoms with Gasteiger partial charge in [0.15, 0.2) is 5.78 Å². The molecular formula is C10H11ClO2. The van der Waals surface area contributed by atoms with Crippen molar-refractivity contribution in [1.29, 1.82) is 0 Å². The Balaban J connectivity index is 2.61. The van der Waals surface area contributed by atoms with Crippen LogP contribution < -0.4 is 0 Å². The minimum Gasteiger partial charge on any atom is -0.508 e. The third-order valence-electron chi connectivity index (χ3n) is 1.73. The molecular weight excluding hydrogens is 188 g/mol. The van der Waals surface area contributed by atoms with Crippen molar-refractivity contribution < 1.29 is 9.90 Å². The number of phenolic OH excluding ortho intramolecular Hbond substituents is 1. The van der Waals surface area contributed by atoms with E-state index in [-0.39, 0.29) is 11.5 Å². The molecule has 0 aromatic heterocycles. The van der Waals surface area contributed by atoms with Crippen molar-refractivity contribution in [2.75, 3.05) is 5.88 Å². The summed E-state index contributed by atoms with van der Waals surface area (Å²) < 4.78 is 0. The molecule has 0 saturated heterocycles. The van der Waals surface area contributed by atoms with Crippen LogP contribution in [-0.2, 0) is 0 Å². The third kappa shape index (κ3) is 3.07. The summed E-state index contributed by atoms with van der Waals surface area (Å²) in [6, 6.07) is 6.25. The Kier molecular flexibility index (Phi) is 3.77. The first-order valence-corrected chi connectivity index (χ1v) is 4.65. The molecule has 2 nitrogen and oxygen atoms in total. The van der Waals surface area contributed by atoms with Gasteiger partial charge in [-0.25, -0.2) is 0 Å². The Morgan fingerprint density at radius 1 is 1.31 bits per heavy atom. The van der Waals surface area contributed by atoms with Crippen LogP contribution in [0.5, 0.6) is 5.75 Å². The molecule has 0 spiro atoms. The van der Waals surface area contributed by atoms with Crippen LogP contribution >= 0.6 is 11.6 Å². The molecule has 0 atom stereocenters. The number of Topliss-reactive ketones (excluding diaryl/α,β-unsaturated/α-hetero) is 1. The minimum atomic E-state index is 0.0700. The topological polar surface area (TPSA) is 37.3 Å². The number of carbonyl (C=O) groups excluding carboxylic acids is 1. The quantitative estimate of drug-likeness (QED) is 0.597. The first kappa shape index (κ1) is 10.1. The Bertz CT molecular complexity index is 279. The third-order valence-corrected chi connectivity index (χ3v) is 1.99. The molecule has 0 bridgehead atoms. The summed E-state index contributed by atoms with van der Waals surface area (Å²) in [4.78, 5) is 11.4. The number of alkyl halides is 1. The van der Waals surface area contributed by atoms with Gasteiger partial charge in [0.25, 0.3) is 0 Å². The standard InChI is InChI=1S/C10H11ClO2/c11-7-1-2-10(13)8-3-5-9(12)6-4-8/h3-6,12H,1-2,7H2. The normalized spacial score (nSPS) is 9.92. The minimum absolute atomic E-state index is 0.0700. The maximum atomic E-state index is 11.4. The molecule has 0 fully saturated rings. The molecule has 0 aliphatic rings. The Hall–Kier alpha value is -1.02. The summed E-state index contributed by atoms with van der Waals surface area (Å²) in [7, 11) is 0. The van der Waals surface area contributed by atoms with Crippen LogP contribution in [0.15, 0.2) is 24.3 Å². The number of benzene rings is 1. The summed E-state index contributed by atoms with van der Waals surface area (Å²) in [6.07, 6.45) is 1.16. The number of rotatable bonds is 4. The first-order chi connectivity index (χ1) is 6.24. The van der Waals surface area contributed by atoms with Crippen LogP contribution in [0.2, 0.25) is 0 Å². The van der Waals surface area contributed by atoms with Crippen molar-refractivity contribution in [3.05, 3.63) is 29.8 Å². The zero-order chi connectivity index (χ0) is 9.68. The molecule has 70 valence electrons. The molecule has 1 rings (SSSR count). The predicted octanol–water partition coefficient (Wildman–Crippen LogP) is 2.59. The van der Waals surface area contributed by atoms with Crippen molar-refractivity contribution in [2.24, 2.45) is 0 Å². The van der Waals surface area contributed by atoms with Gasteiger partial charge in [-0.3, -0.25) is 4.79 Å². The summed E-state index contributed by atoms with van der Waals surface area (Å²) in [5.41, 5.74) is 0.628. The van der Waals surface area contributed by atoms with Gasteiger partial charge in [-0.2, -0.15) is 0 Å². The van der Waals surface area contributed by atoms with E-state index in [2.05, 4.69) is 0 Å². The molecule has 1 N–H and O–H groups in total. The maximum absolute atomic E-state index is 11.4. The van der Waals surface area contributed by atoms with Gasteiger partial charge >= 0.3 is 0 Å². The van der Waals surface area contributed by atoms with Gasteiger partial charge in [0.1, 0.15) is 5.75 Å². The number of hydrogen-bond donors (Lipinski definition) is 1. The van der Waals surface area contributed by atoms with Gasteiger partial charge in [-0.1, -0.05) is 0 Å². The molecule has 0 aliphatic heterocycles. The van der Waals surface area contributed by atoms with Crippen molar-refractivity contribution in [3.63, 3.8) is 0 Å². The number of ketones is 1. The lowest BCUT2D eigenvalue weighted by Crippen LogP contribution is -1.98. The molecule has 3 heteroatoms. The van der Waals surface area contributed by atoms with Crippen LogP contribution in [0.4, 0.5) is 0 Å². The zero-order valence-electron chi connectivity index (χ0n) is 7.16. The van der Waals surface area contributed by atoms with Gasteiger partial charge in [-0.15, -0.1) is 11.6 Å². The van der Waals surface area contributed by atoms with E-state index in [0.717, 1.165) is 0 Å². The summed E-state index contributed by atoms with van der Waals surface area (Å²) >= 11 is 5.47. The highest BCUT2D eigenvalue weighted by molar-refractivity contribution is 6.18. The van der Waals surface area contributed by atoms with Crippen molar-refractivity contribution in [1.82, 2.24) is 0 Å². The number of hydrogen-bond acceptors (Lipinski definition) is 2. The van der Waals surface area contributed by atoms with E-state index in [1.807, 2.05) is 0 Å². The molecule has 13 heavy (non-hydrogen) atoms. The van der Waals surface area contributed by atoms with Crippen LogP contribution in [0.3, 0.4) is 0 Å². The highest BCUT2D eigenvalue weighted by atomic mass is 35.5. The molecule has 0 aliphatic carbocycles. The molecule has 0 saturated carbocycles. The average Bonchev–Trinajstić information content (AvgIpc) is 2.15. The fourth-order valence-corrected chi connectivity index (χ4v) is 1.15.